The predicted molar refractivity (Wildman–Crippen MR) is 139 cm³/mol. The Morgan fingerprint density at radius 3 is 2.42 bits per heavy atom. The quantitative estimate of drug-likeness (QED) is 0.404. The SMILES string of the molecule is CCN(c1cc(Br)cc(C(O)NCc2c(C)cc(C)[nH]c2=O)c1C)C1CCC([NH+](C)C)CC1. The average molecular weight is 521 g/mol. The van der Waals surface area contributed by atoms with E-state index in [1.807, 2.05) is 26.0 Å². The molecule has 2 aromatic rings. The van der Waals surface area contributed by atoms with Crippen LogP contribution in [-0.2, 0) is 6.54 Å². The number of aromatic nitrogens is 1. The Kier molecular flexibility index (Phi) is 8.78. The fraction of sp³-hybridized carbons (Fsp3) is 0.577. The lowest BCUT2D eigenvalue weighted by Crippen LogP contribution is -3.10. The Bertz CT molecular complexity index is 1010. The van der Waals surface area contributed by atoms with Gasteiger partial charge in [0.15, 0.2) is 0 Å². The summed E-state index contributed by atoms with van der Waals surface area (Å²) in [6.45, 7) is 9.34. The molecule has 0 amide bonds. The van der Waals surface area contributed by atoms with Crippen molar-refractivity contribution < 1.29 is 10.0 Å². The lowest BCUT2D eigenvalue weighted by atomic mass is 9.88. The number of aryl methyl sites for hydroxylation is 2. The van der Waals surface area contributed by atoms with Gasteiger partial charge in [-0.1, -0.05) is 15.9 Å². The van der Waals surface area contributed by atoms with Gasteiger partial charge in [0.2, 0.25) is 0 Å². The summed E-state index contributed by atoms with van der Waals surface area (Å²) in [4.78, 5) is 19.3. The molecule has 1 atom stereocenters. The van der Waals surface area contributed by atoms with E-state index in [0.29, 0.717) is 18.2 Å². The van der Waals surface area contributed by atoms with Gasteiger partial charge in [-0.25, -0.2) is 0 Å². The Hall–Kier alpha value is -1.67. The number of rotatable bonds is 8. The number of hydrogen-bond acceptors (Lipinski definition) is 4. The molecule has 1 aliphatic carbocycles. The van der Waals surface area contributed by atoms with Crippen molar-refractivity contribution in [2.45, 2.75) is 78.2 Å². The molecule has 4 N–H and O–H groups in total. The van der Waals surface area contributed by atoms with Crippen LogP contribution in [0.15, 0.2) is 27.5 Å². The van der Waals surface area contributed by atoms with Crippen LogP contribution >= 0.6 is 15.9 Å². The van der Waals surface area contributed by atoms with Crippen molar-refractivity contribution in [2.75, 3.05) is 25.5 Å². The van der Waals surface area contributed by atoms with E-state index in [2.05, 4.69) is 65.1 Å². The molecule has 182 valence electrons. The first kappa shape index (κ1) is 25.9. The molecular weight excluding hydrogens is 480 g/mol. The van der Waals surface area contributed by atoms with E-state index in [0.717, 1.165) is 39.4 Å². The molecule has 0 saturated heterocycles. The molecule has 0 radical (unpaired) electrons. The van der Waals surface area contributed by atoms with Crippen LogP contribution in [-0.4, -0.2) is 42.8 Å². The van der Waals surface area contributed by atoms with Crippen molar-refractivity contribution in [3.05, 3.63) is 61.0 Å². The number of halogens is 1. The van der Waals surface area contributed by atoms with Gasteiger partial charge in [0.05, 0.1) is 20.1 Å². The second-order valence-corrected chi connectivity index (χ2v) is 10.7. The van der Waals surface area contributed by atoms with Crippen LogP contribution < -0.4 is 20.7 Å². The van der Waals surface area contributed by atoms with Crippen molar-refractivity contribution in [3.63, 3.8) is 0 Å². The molecule has 0 bridgehead atoms. The molecule has 1 saturated carbocycles. The molecule has 0 spiro atoms. The van der Waals surface area contributed by atoms with Gasteiger partial charge in [0.25, 0.3) is 5.56 Å². The van der Waals surface area contributed by atoms with Crippen molar-refractivity contribution in [1.82, 2.24) is 10.3 Å². The monoisotopic (exact) mass is 519 g/mol. The molecule has 1 aliphatic rings. The van der Waals surface area contributed by atoms with Crippen LogP contribution in [0, 0.1) is 20.8 Å². The zero-order valence-electron chi connectivity index (χ0n) is 20.9. The van der Waals surface area contributed by atoms with E-state index >= 15 is 0 Å². The molecule has 1 aromatic heterocycles. The molecule has 1 fully saturated rings. The maximum atomic E-state index is 12.4. The molecule has 1 aromatic carbocycles. The van der Waals surface area contributed by atoms with Gasteiger partial charge in [-0.15, -0.1) is 0 Å². The lowest BCUT2D eigenvalue weighted by Gasteiger charge is -2.39. The number of benzene rings is 1. The van der Waals surface area contributed by atoms with Gasteiger partial charge in [0.1, 0.15) is 6.23 Å². The molecule has 6 nitrogen and oxygen atoms in total. The topological polar surface area (TPSA) is 72.8 Å². The molecular formula is C26H40BrN4O2+. The van der Waals surface area contributed by atoms with Gasteiger partial charge in [-0.2, -0.15) is 0 Å². The van der Waals surface area contributed by atoms with Gasteiger partial charge in [0, 0.05) is 59.0 Å². The van der Waals surface area contributed by atoms with Crippen LogP contribution in [0.2, 0.25) is 0 Å². The van der Waals surface area contributed by atoms with E-state index in [4.69, 9.17) is 0 Å². The van der Waals surface area contributed by atoms with E-state index in [1.165, 1.54) is 31.4 Å². The molecule has 7 heteroatoms. The first-order chi connectivity index (χ1) is 15.6. The normalized spacial score (nSPS) is 19.7. The minimum atomic E-state index is -0.867. The van der Waals surface area contributed by atoms with Gasteiger partial charge >= 0.3 is 0 Å². The van der Waals surface area contributed by atoms with E-state index in [9.17, 15) is 9.90 Å². The largest absolute Gasteiger partial charge is 0.374 e. The fourth-order valence-electron chi connectivity index (χ4n) is 5.27. The summed E-state index contributed by atoms with van der Waals surface area (Å²) < 4.78 is 0.952. The van der Waals surface area contributed by atoms with Crippen LogP contribution in [0.5, 0.6) is 0 Å². The van der Waals surface area contributed by atoms with E-state index in [1.54, 1.807) is 4.90 Å². The zero-order chi connectivity index (χ0) is 24.3. The van der Waals surface area contributed by atoms with Crippen LogP contribution in [0.1, 0.15) is 66.8 Å². The highest BCUT2D eigenvalue weighted by Crippen LogP contribution is 2.35. The summed E-state index contributed by atoms with van der Waals surface area (Å²) in [5.74, 6) is 0. The van der Waals surface area contributed by atoms with Crippen molar-refractivity contribution in [1.29, 1.82) is 0 Å². The van der Waals surface area contributed by atoms with Crippen LogP contribution in [0.25, 0.3) is 0 Å². The first-order valence-corrected chi connectivity index (χ1v) is 12.9. The third-order valence-electron chi connectivity index (χ3n) is 7.25. The summed E-state index contributed by atoms with van der Waals surface area (Å²) in [6.07, 6.45) is 4.02. The zero-order valence-corrected chi connectivity index (χ0v) is 22.5. The molecule has 0 aliphatic heterocycles. The number of aliphatic hydroxyl groups excluding tert-OH is 1. The summed E-state index contributed by atoms with van der Waals surface area (Å²) >= 11 is 3.67. The number of nitrogens with one attached hydrogen (secondary N) is 3. The Balaban J connectivity index is 1.80. The molecule has 1 heterocycles. The molecule has 33 heavy (non-hydrogen) atoms. The number of H-pyrrole nitrogens is 1. The first-order valence-electron chi connectivity index (χ1n) is 12.1. The highest BCUT2D eigenvalue weighted by Gasteiger charge is 2.29. The molecule has 1 unspecified atom stereocenters. The Morgan fingerprint density at radius 1 is 1.18 bits per heavy atom. The van der Waals surface area contributed by atoms with E-state index in [-0.39, 0.29) is 5.56 Å². The number of aromatic amines is 1. The summed E-state index contributed by atoms with van der Waals surface area (Å²) in [5, 5.41) is 14.2. The van der Waals surface area contributed by atoms with Gasteiger partial charge < -0.3 is 19.9 Å². The number of pyridine rings is 1. The Labute approximate surface area is 206 Å². The highest BCUT2D eigenvalue weighted by atomic mass is 79.9. The number of anilines is 1. The summed E-state index contributed by atoms with van der Waals surface area (Å²) in [5.41, 5.74) is 5.41. The van der Waals surface area contributed by atoms with Gasteiger partial charge in [-0.05, 0) is 69.9 Å². The standard InChI is InChI=1S/C26H39BrN4O2/c1-7-31(21-10-8-20(9-11-21)30(5)6)24-14-19(27)13-22(18(24)4)25(32)28-15-23-16(2)12-17(3)29-26(23)33/h12-14,20-21,25,28,32H,7-11,15H2,1-6H3,(H,29,33)/p+1. The predicted octanol–water partition coefficient (Wildman–Crippen LogP) is 3.13. The second kappa shape index (κ2) is 11.2. The maximum absolute atomic E-state index is 12.4. The third kappa shape index (κ3) is 6.07. The summed E-state index contributed by atoms with van der Waals surface area (Å²) in [6, 6.07) is 7.37. The van der Waals surface area contributed by atoms with E-state index < -0.39 is 6.23 Å². The van der Waals surface area contributed by atoms with Crippen LogP contribution in [0.4, 0.5) is 5.69 Å². The summed E-state index contributed by atoms with van der Waals surface area (Å²) in [7, 11) is 4.52. The highest BCUT2D eigenvalue weighted by molar-refractivity contribution is 9.10. The third-order valence-corrected chi connectivity index (χ3v) is 7.71. The van der Waals surface area contributed by atoms with Crippen molar-refractivity contribution >= 4 is 21.6 Å². The second-order valence-electron chi connectivity index (χ2n) is 9.73. The number of aliphatic hydroxyl groups is 1. The van der Waals surface area contributed by atoms with Crippen LogP contribution in [0.3, 0.4) is 0 Å². The van der Waals surface area contributed by atoms with Gasteiger partial charge in [-0.3, -0.25) is 10.1 Å². The minimum Gasteiger partial charge on any atom is -0.374 e. The average Bonchev–Trinajstić information content (AvgIpc) is 2.75. The number of quaternary nitrogens is 1. The smallest absolute Gasteiger partial charge is 0.252 e. The Morgan fingerprint density at radius 2 is 1.85 bits per heavy atom. The maximum Gasteiger partial charge on any atom is 0.252 e. The van der Waals surface area contributed by atoms with Crippen molar-refractivity contribution in [2.24, 2.45) is 0 Å². The number of hydrogen-bond donors (Lipinski definition) is 4. The van der Waals surface area contributed by atoms with Crippen molar-refractivity contribution in [3.8, 4) is 0 Å². The fourth-order valence-corrected chi connectivity index (χ4v) is 5.73. The lowest BCUT2D eigenvalue weighted by molar-refractivity contribution is -0.887. The minimum absolute atomic E-state index is 0.105. The molecule has 3 rings (SSSR count). The number of nitrogens with zero attached hydrogens (tertiary/aromatic N) is 1.